The predicted molar refractivity (Wildman–Crippen MR) is 82.3 cm³/mol. The van der Waals surface area contributed by atoms with E-state index >= 15 is 0 Å². The van der Waals surface area contributed by atoms with Crippen molar-refractivity contribution in [1.29, 1.82) is 0 Å². The summed E-state index contributed by atoms with van der Waals surface area (Å²) < 4.78 is 26.7. The van der Waals surface area contributed by atoms with E-state index in [-0.39, 0.29) is 5.75 Å². The van der Waals surface area contributed by atoms with E-state index in [1.54, 1.807) is 0 Å². The van der Waals surface area contributed by atoms with E-state index < -0.39 is 10.0 Å². The Morgan fingerprint density at radius 2 is 1.80 bits per heavy atom. The molecule has 5 nitrogen and oxygen atoms in total. The first-order chi connectivity index (χ1) is 9.66. The third kappa shape index (κ3) is 6.08. The van der Waals surface area contributed by atoms with E-state index in [0.29, 0.717) is 13.1 Å². The van der Waals surface area contributed by atoms with Crippen LogP contribution in [0.25, 0.3) is 0 Å². The zero-order valence-electron chi connectivity index (χ0n) is 12.4. The molecular formula is C14H29N3O2S. The molecule has 0 bridgehead atoms. The molecule has 0 aromatic carbocycles. The van der Waals surface area contributed by atoms with Crippen molar-refractivity contribution >= 4 is 10.0 Å². The Balaban J connectivity index is 1.60. The van der Waals surface area contributed by atoms with Crippen molar-refractivity contribution < 1.29 is 8.42 Å². The van der Waals surface area contributed by atoms with Crippen LogP contribution < -0.4 is 10.0 Å². The van der Waals surface area contributed by atoms with Gasteiger partial charge in [0, 0.05) is 39.3 Å². The van der Waals surface area contributed by atoms with Crippen LogP contribution in [-0.2, 0) is 10.0 Å². The Bertz CT molecular complexity index is 361. The average molecular weight is 303 g/mol. The van der Waals surface area contributed by atoms with Crippen molar-refractivity contribution in [3.05, 3.63) is 0 Å². The minimum atomic E-state index is -3.09. The van der Waals surface area contributed by atoms with Gasteiger partial charge in [0.25, 0.3) is 0 Å². The van der Waals surface area contributed by atoms with Gasteiger partial charge in [-0.3, -0.25) is 4.90 Å². The zero-order chi connectivity index (χ0) is 14.3. The molecule has 0 atom stereocenters. The minimum Gasteiger partial charge on any atom is -0.314 e. The molecule has 0 spiro atoms. The lowest BCUT2D eigenvalue weighted by atomic mass is 9.87. The summed E-state index contributed by atoms with van der Waals surface area (Å²) in [7, 11) is -3.09. The SMILES string of the molecule is O=S(=O)(CCN1CCNCC1)NCCC1CCCCC1. The number of sulfonamides is 1. The Morgan fingerprint density at radius 3 is 2.50 bits per heavy atom. The van der Waals surface area contributed by atoms with Crippen LogP contribution in [0.5, 0.6) is 0 Å². The maximum Gasteiger partial charge on any atom is 0.212 e. The summed E-state index contributed by atoms with van der Waals surface area (Å²) in [4.78, 5) is 2.22. The number of rotatable bonds is 7. The highest BCUT2D eigenvalue weighted by Crippen LogP contribution is 2.25. The first-order valence-electron chi connectivity index (χ1n) is 8.06. The normalized spacial score (nSPS) is 23.0. The highest BCUT2D eigenvalue weighted by Gasteiger charge is 2.17. The van der Waals surface area contributed by atoms with E-state index in [1.165, 1.54) is 32.1 Å². The number of nitrogens with one attached hydrogen (secondary N) is 2. The van der Waals surface area contributed by atoms with Crippen LogP contribution in [0.3, 0.4) is 0 Å². The summed E-state index contributed by atoms with van der Waals surface area (Å²) in [6, 6.07) is 0. The van der Waals surface area contributed by atoms with E-state index in [9.17, 15) is 8.42 Å². The molecule has 1 saturated heterocycles. The first kappa shape index (κ1) is 16.2. The van der Waals surface area contributed by atoms with Gasteiger partial charge < -0.3 is 5.32 Å². The van der Waals surface area contributed by atoms with E-state index in [2.05, 4.69) is 14.9 Å². The molecule has 2 fully saturated rings. The third-order valence-corrected chi connectivity index (χ3v) is 5.85. The van der Waals surface area contributed by atoms with Gasteiger partial charge in [0.05, 0.1) is 5.75 Å². The van der Waals surface area contributed by atoms with Gasteiger partial charge in [-0.2, -0.15) is 0 Å². The van der Waals surface area contributed by atoms with Gasteiger partial charge in [0.15, 0.2) is 0 Å². The van der Waals surface area contributed by atoms with Crippen LogP contribution in [0.2, 0.25) is 0 Å². The number of hydrogen-bond donors (Lipinski definition) is 2. The lowest BCUT2D eigenvalue weighted by molar-refractivity contribution is 0.253. The molecule has 1 saturated carbocycles. The first-order valence-corrected chi connectivity index (χ1v) is 9.71. The summed E-state index contributed by atoms with van der Waals surface area (Å²) in [6.07, 6.45) is 7.56. The monoisotopic (exact) mass is 303 g/mol. The van der Waals surface area contributed by atoms with Gasteiger partial charge in [0.2, 0.25) is 10.0 Å². The molecule has 6 heteroatoms. The molecule has 0 aromatic heterocycles. The molecule has 2 N–H and O–H groups in total. The molecule has 0 amide bonds. The van der Waals surface area contributed by atoms with E-state index in [4.69, 9.17) is 0 Å². The Morgan fingerprint density at radius 1 is 1.10 bits per heavy atom. The molecule has 118 valence electrons. The van der Waals surface area contributed by atoms with E-state index in [1.807, 2.05) is 0 Å². The molecular weight excluding hydrogens is 274 g/mol. The van der Waals surface area contributed by atoms with Crippen molar-refractivity contribution in [3.63, 3.8) is 0 Å². The average Bonchev–Trinajstić information content (AvgIpc) is 2.47. The Labute approximate surface area is 123 Å². The Kier molecular flexibility index (Phi) is 6.74. The predicted octanol–water partition coefficient (Wildman–Crippen LogP) is 0.781. The fraction of sp³-hybridized carbons (Fsp3) is 1.00. The molecule has 0 radical (unpaired) electrons. The van der Waals surface area contributed by atoms with Gasteiger partial charge in [-0.25, -0.2) is 13.1 Å². The topological polar surface area (TPSA) is 61.4 Å². The zero-order valence-corrected chi connectivity index (χ0v) is 13.3. The second-order valence-corrected chi connectivity index (χ2v) is 8.02. The molecule has 20 heavy (non-hydrogen) atoms. The lowest BCUT2D eigenvalue weighted by Gasteiger charge is -2.27. The van der Waals surface area contributed by atoms with E-state index in [0.717, 1.165) is 38.5 Å². The highest BCUT2D eigenvalue weighted by atomic mass is 32.2. The fourth-order valence-electron chi connectivity index (χ4n) is 3.15. The summed E-state index contributed by atoms with van der Waals surface area (Å²) in [5, 5.41) is 3.28. The van der Waals surface area contributed by atoms with Crippen LogP contribution in [0.15, 0.2) is 0 Å². The van der Waals surface area contributed by atoms with Crippen molar-refractivity contribution in [1.82, 2.24) is 14.9 Å². The van der Waals surface area contributed by atoms with Gasteiger partial charge in [0.1, 0.15) is 0 Å². The Hall–Kier alpha value is -0.170. The molecule has 0 aromatic rings. The molecule has 1 aliphatic carbocycles. The van der Waals surface area contributed by atoms with Crippen LogP contribution >= 0.6 is 0 Å². The van der Waals surface area contributed by atoms with Crippen molar-refractivity contribution in [2.75, 3.05) is 45.0 Å². The smallest absolute Gasteiger partial charge is 0.212 e. The molecule has 2 rings (SSSR count). The standard InChI is InChI=1S/C14H29N3O2S/c18-20(19,13-12-17-10-8-15-9-11-17)16-7-6-14-4-2-1-3-5-14/h14-16H,1-13H2. The van der Waals surface area contributed by atoms with Gasteiger partial charge >= 0.3 is 0 Å². The number of hydrogen-bond acceptors (Lipinski definition) is 4. The number of nitrogens with zero attached hydrogens (tertiary/aromatic N) is 1. The highest BCUT2D eigenvalue weighted by molar-refractivity contribution is 7.89. The summed E-state index contributed by atoms with van der Waals surface area (Å²) in [5.74, 6) is 0.970. The second-order valence-electron chi connectivity index (χ2n) is 6.10. The van der Waals surface area contributed by atoms with Crippen LogP contribution in [0.4, 0.5) is 0 Å². The summed E-state index contributed by atoms with van der Waals surface area (Å²) >= 11 is 0. The molecule has 2 aliphatic rings. The van der Waals surface area contributed by atoms with Gasteiger partial charge in [-0.15, -0.1) is 0 Å². The molecule has 1 aliphatic heterocycles. The molecule has 0 unspecified atom stereocenters. The van der Waals surface area contributed by atoms with Crippen molar-refractivity contribution in [2.45, 2.75) is 38.5 Å². The maximum absolute atomic E-state index is 12.0. The summed E-state index contributed by atoms with van der Waals surface area (Å²) in [5.41, 5.74) is 0. The van der Waals surface area contributed by atoms with Gasteiger partial charge in [-0.1, -0.05) is 32.1 Å². The lowest BCUT2D eigenvalue weighted by Crippen LogP contribution is -2.46. The minimum absolute atomic E-state index is 0.234. The summed E-state index contributed by atoms with van der Waals surface area (Å²) in [6.45, 7) is 5.12. The van der Waals surface area contributed by atoms with Crippen LogP contribution in [-0.4, -0.2) is 58.3 Å². The number of piperazine rings is 1. The van der Waals surface area contributed by atoms with Crippen LogP contribution in [0.1, 0.15) is 38.5 Å². The van der Waals surface area contributed by atoms with Crippen molar-refractivity contribution in [2.24, 2.45) is 5.92 Å². The van der Waals surface area contributed by atoms with Gasteiger partial charge in [-0.05, 0) is 12.3 Å². The fourth-order valence-corrected chi connectivity index (χ4v) is 4.22. The maximum atomic E-state index is 12.0. The van der Waals surface area contributed by atoms with Crippen LogP contribution in [0, 0.1) is 5.92 Å². The van der Waals surface area contributed by atoms with Crippen molar-refractivity contribution in [3.8, 4) is 0 Å². The third-order valence-electron chi connectivity index (χ3n) is 4.49. The quantitative estimate of drug-likeness (QED) is 0.730. The largest absolute Gasteiger partial charge is 0.314 e. The second kappa shape index (κ2) is 8.32. The molecule has 1 heterocycles.